The summed E-state index contributed by atoms with van der Waals surface area (Å²) in [5.74, 6) is 2.70. The van der Waals surface area contributed by atoms with Gasteiger partial charge in [0.05, 0.1) is 0 Å². The molecule has 0 aromatic carbocycles. The summed E-state index contributed by atoms with van der Waals surface area (Å²) in [6.45, 7) is 11.8. The summed E-state index contributed by atoms with van der Waals surface area (Å²) in [5, 5.41) is 5.81. The standard InChI is InChI=1S/C19H33NS/c1-5-20-14-16-8-10-17(19(2,3)4)13-15(16)9-11-18-7-6-12-21-18/h6-7,12,15-17,20H,5,8-11,13-14H2,1-4H3. The van der Waals surface area contributed by atoms with Crippen LogP contribution >= 0.6 is 11.3 Å². The fraction of sp³-hybridized carbons (Fsp3) is 0.789. The number of thiophene rings is 1. The van der Waals surface area contributed by atoms with Crippen molar-refractivity contribution in [3.63, 3.8) is 0 Å². The first-order valence-electron chi connectivity index (χ1n) is 8.73. The number of rotatable bonds is 6. The van der Waals surface area contributed by atoms with Crippen molar-refractivity contribution in [3.8, 4) is 0 Å². The molecule has 0 bridgehead atoms. The molecule has 2 rings (SSSR count). The molecule has 1 heterocycles. The van der Waals surface area contributed by atoms with Gasteiger partial charge in [-0.3, -0.25) is 0 Å². The van der Waals surface area contributed by atoms with Gasteiger partial charge in [-0.15, -0.1) is 11.3 Å². The van der Waals surface area contributed by atoms with E-state index in [-0.39, 0.29) is 0 Å². The van der Waals surface area contributed by atoms with Crippen LogP contribution in [-0.4, -0.2) is 13.1 Å². The van der Waals surface area contributed by atoms with Crippen molar-refractivity contribution in [3.05, 3.63) is 22.4 Å². The molecular formula is C19H33NS. The van der Waals surface area contributed by atoms with E-state index >= 15 is 0 Å². The summed E-state index contributed by atoms with van der Waals surface area (Å²) in [7, 11) is 0. The predicted octanol–water partition coefficient (Wildman–Crippen LogP) is 5.37. The Morgan fingerprint density at radius 2 is 2.05 bits per heavy atom. The third-order valence-corrected chi connectivity index (χ3v) is 6.30. The van der Waals surface area contributed by atoms with Crippen molar-refractivity contribution in [2.75, 3.05) is 13.1 Å². The van der Waals surface area contributed by atoms with Crippen LogP contribution in [0.5, 0.6) is 0 Å². The first-order chi connectivity index (χ1) is 10.0. The molecule has 1 aromatic rings. The second kappa shape index (κ2) is 7.78. The fourth-order valence-electron chi connectivity index (χ4n) is 3.85. The van der Waals surface area contributed by atoms with Crippen LogP contribution in [0.2, 0.25) is 0 Å². The minimum Gasteiger partial charge on any atom is -0.317 e. The van der Waals surface area contributed by atoms with Gasteiger partial charge in [0.2, 0.25) is 0 Å². The van der Waals surface area contributed by atoms with Crippen molar-refractivity contribution in [1.29, 1.82) is 0 Å². The maximum atomic E-state index is 3.60. The Morgan fingerprint density at radius 1 is 1.24 bits per heavy atom. The van der Waals surface area contributed by atoms with Gasteiger partial charge < -0.3 is 5.32 Å². The number of nitrogens with one attached hydrogen (secondary N) is 1. The molecule has 0 aliphatic heterocycles. The van der Waals surface area contributed by atoms with Crippen molar-refractivity contribution >= 4 is 11.3 Å². The van der Waals surface area contributed by atoms with E-state index in [2.05, 4.69) is 50.5 Å². The van der Waals surface area contributed by atoms with E-state index in [0.717, 1.165) is 24.3 Å². The molecule has 3 atom stereocenters. The summed E-state index contributed by atoms with van der Waals surface area (Å²) in [4.78, 5) is 1.56. The van der Waals surface area contributed by atoms with E-state index in [0.29, 0.717) is 5.41 Å². The molecule has 0 spiro atoms. The topological polar surface area (TPSA) is 12.0 Å². The van der Waals surface area contributed by atoms with Gasteiger partial charge in [-0.25, -0.2) is 0 Å². The van der Waals surface area contributed by atoms with E-state index < -0.39 is 0 Å². The molecule has 2 heteroatoms. The molecule has 1 aliphatic rings. The monoisotopic (exact) mass is 307 g/mol. The van der Waals surface area contributed by atoms with Gasteiger partial charge in [-0.05, 0) is 79.8 Å². The van der Waals surface area contributed by atoms with E-state index in [4.69, 9.17) is 0 Å². The normalized spacial score (nSPS) is 27.0. The maximum absolute atomic E-state index is 3.60. The Bertz CT molecular complexity index is 390. The average Bonchev–Trinajstić information content (AvgIpc) is 2.95. The zero-order chi connectivity index (χ0) is 15.3. The SMILES string of the molecule is CCNCC1CCC(C(C)(C)C)CC1CCc1cccs1. The second-order valence-corrected chi connectivity index (χ2v) is 8.85. The van der Waals surface area contributed by atoms with E-state index in [1.807, 2.05) is 11.3 Å². The summed E-state index contributed by atoms with van der Waals surface area (Å²) in [6, 6.07) is 4.49. The van der Waals surface area contributed by atoms with Crippen LogP contribution in [-0.2, 0) is 6.42 Å². The lowest BCUT2D eigenvalue weighted by atomic mass is 9.64. The van der Waals surface area contributed by atoms with Crippen LogP contribution in [0.3, 0.4) is 0 Å². The summed E-state index contributed by atoms with van der Waals surface area (Å²) in [5.41, 5.74) is 0.477. The Balaban J connectivity index is 1.94. The van der Waals surface area contributed by atoms with Gasteiger partial charge in [0.25, 0.3) is 0 Å². The van der Waals surface area contributed by atoms with Gasteiger partial charge >= 0.3 is 0 Å². The Kier molecular flexibility index (Phi) is 6.31. The number of hydrogen-bond acceptors (Lipinski definition) is 2. The van der Waals surface area contributed by atoms with Gasteiger partial charge in [0, 0.05) is 4.88 Å². The predicted molar refractivity (Wildman–Crippen MR) is 95.0 cm³/mol. The van der Waals surface area contributed by atoms with E-state index in [1.54, 1.807) is 4.88 Å². The van der Waals surface area contributed by atoms with Gasteiger partial charge in [-0.2, -0.15) is 0 Å². The highest BCUT2D eigenvalue weighted by Crippen LogP contribution is 2.44. The van der Waals surface area contributed by atoms with Crippen LogP contribution in [0.25, 0.3) is 0 Å². The molecule has 120 valence electrons. The summed E-state index contributed by atoms with van der Waals surface area (Å²) < 4.78 is 0. The summed E-state index contributed by atoms with van der Waals surface area (Å²) in [6.07, 6.45) is 6.94. The van der Waals surface area contributed by atoms with Crippen molar-refractivity contribution in [2.45, 2.75) is 59.8 Å². The van der Waals surface area contributed by atoms with Crippen molar-refractivity contribution < 1.29 is 0 Å². The molecule has 1 nitrogen and oxygen atoms in total. The molecule has 0 saturated heterocycles. The van der Waals surface area contributed by atoms with Gasteiger partial charge in [-0.1, -0.05) is 33.8 Å². The lowest BCUT2D eigenvalue weighted by Crippen LogP contribution is -2.36. The fourth-order valence-corrected chi connectivity index (χ4v) is 4.57. The molecule has 1 fully saturated rings. The van der Waals surface area contributed by atoms with Crippen LogP contribution in [0.4, 0.5) is 0 Å². The van der Waals surface area contributed by atoms with Crippen LogP contribution in [0, 0.1) is 23.2 Å². The number of hydrogen-bond donors (Lipinski definition) is 1. The highest BCUT2D eigenvalue weighted by atomic mass is 32.1. The van der Waals surface area contributed by atoms with Crippen molar-refractivity contribution in [1.82, 2.24) is 5.32 Å². The van der Waals surface area contributed by atoms with E-state index in [9.17, 15) is 0 Å². The largest absolute Gasteiger partial charge is 0.317 e. The molecule has 1 aliphatic carbocycles. The molecular weight excluding hydrogens is 274 g/mol. The zero-order valence-electron chi connectivity index (χ0n) is 14.3. The smallest absolute Gasteiger partial charge is 0.00453 e. The minimum absolute atomic E-state index is 0.477. The van der Waals surface area contributed by atoms with Crippen LogP contribution < -0.4 is 5.32 Å². The first-order valence-corrected chi connectivity index (χ1v) is 9.61. The molecule has 21 heavy (non-hydrogen) atoms. The first kappa shape index (κ1) is 17.0. The van der Waals surface area contributed by atoms with E-state index in [1.165, 1.54) is 38.6 Å². The highest BCUT2D eigenvalue weighted by molar-refractivity contribution is 7.09. The minimum atomic E-state index is 0.477. The maximum Gasteiger partial charge on any atom is 0.00453 e. The lowest BCUT2D eigenvalue weighted by molar-refractivity contribution is 0.0930. The highest BCUT2D eigenvalue weighted by Gasteiger charge is 2.35. The molecule has 3 unspecified atom stereocenters. The number of aryl methyl sites for hydroxylation is 1. The molecule has 0 amide bonds. The third-order valence-electron chi connectivity index (χ3n) is 5.36. The molecule has 1 aromatic heterocycles. The average molecular weight is 308 g/mol. The third kappa shape index (κ3) is 5.10. The molecule has 1 N–H and O–H groups in total. The molecule has 0 radical (unpaired) electrons. The van der Waals surface area contributed by atoms with Gasteiger partial charge in [0.1, 0.15) is 0 Å². The molecule has 1 saturated carbocycles. The Labute approximate surface area is 135 Å². The Hall–Kier alpha value is -0.340. The second-order valence-electron chi connectivity index (χ2n) is 7.82. The zero-order valence-corrected chi connectivity index (χ0v) is 15.1. The van der Waals surface area contributed by atoms with Crippen molar-refractivity contribution in [2.24, 2.45) is 23.2 Å². The van der Waals surface area contributed by atoms with Crippen LogP contribution in [0.15, 0.2) is 17.5 Å². The lowest BCUT2D eigenvalue weighted by Gasteiger charge is -2.42. The Morgan fingerprint density at radius 3 is 2.67 bits per heavy atom. The quantitative estimate of drug-likeness (QED) is 0.745. The van der Waals surface area contributed by atoms with Gasteiger partial charge in [0.15, 0.2) is 0 Å². The van der Waals surface area contributed by atoms with Crippen LogP contribution in [0.1, 0.15) is 58.3 Å². The summed E-state index contributed by atoms with van der Waals surface area (Å²) >= 11 is 1.92.